The highest BCUT2D eigenvalue weighted by Gasteiger charge is 2.31. The summed E-state index contributed by atoms with van der Waals surface area (Å²) in [5.41, 5.74) is 0. The summed E-state index contributed by atoms with van der Waals surface area (Å²) in [4.78, 5) is 2.79. The molecule has 0 aliphatic carbocycles. The van der Waals surface area contributed by atoms with Crippen LogP contribution in [0.15, 0.2) is 33.6 Å². The van der Waals surface area contributed by atoms with Crippen molar-refractivity contribution >= 4 is 26.0 Å². The minimum atomic E-state index is -3.36. The number of hydrogen-bond donors (Lipinski definition) is 1. The molecule has 0 aromatic heterocycles. The number of rotatable bonds is 3. The molecule has 0 spiro atoms. The number of sulfonamides is 1. The van der Waals surface area contributed by atoms with E-state index in [1.165, 1.54) is 6.42 Å². The Kier molecular flexibility index (Phi) is 4.66. The Morgan fingerprint density at radius 2 is 1.76 bits per heavy atom. The fraction of sp³-hybridized carbons (Fsp3) is 0.571. The number of benzene rings is 1. The van der Waals surface area contributed by atoms with Crippen LogP contribution in [0.25, 0.3) is 0 Å². The largest absolute Gasteiger partial charge is 0.315 e. The molecule has 7 heteroatoms. The van der Waals surface area contributed by atoms with Gasteiger partial charge in [-0.15, -0.1) is 0 Å². The first-order chi connectivity index (χ1) is 10.1. The van der Waals surface area contributed by atoms with E-state index in [1.54, 1.807) is 28.6 Å². The molecule has 2 fully saturated rings. The Morgan fingerprint density at radius 1 is 1.10 bits per heavy atom. The maximum absolute atomic E-state index is 12.6. The summed E-state index contributed by atoms with van der Waals surface area (Å²) in [5.74, 6) is 0. The van der Waals surface area contributed by atoms with Gasteiger partial charge in [0.1, 0.15) is 0 Å². The maximum Gasteiger partial charge on any atom is 0.243 e. The molecule has 0 amide bonds. The molecule has 116 valence electrons. The SMILES string of the molecule is O=S(=O)(c1ccc(Br)cc1)N1CCN(C2CCNC2)CC1. The lowest BCUT2D eigenvalue weighted by Crippen LogP contribution is -2.52. The normalized spacial score (nSPS) is 25.3. The zero-order valence-corrected chi connectivity index (χ0v) is 14.2. The molecular formula is C14H20BrN3O2S. The van der Waals surface area contributed by atoms with Crippen molar-refractivity contribution in [2.75, 3.05) is 39.3 Å². The Labute approximate surface area is 134 Å². The van der Waals surface area contributed by atoms with Gasteiger partial charge >= 0.3 is 0 Å². The van der Waals surface area contributed by atoms with E-state index in [1.807, 2.05) is 0 Å². The minimum absolute atomic E-state index is 0.377. The summed E-state index contributed by atoms with van der Waals surface area (Å²) in [6, 6.07) is 7.43. The molecule has 0 radical (unpaired) electrons. The van der Waals surface area contributed by atoms with E-state index in [0.29, 0.717) is 24.0 Å². The van der Waals surface area contributed by atoms with Crippen molar-refractivity contribution in [2.24, 2.45) is 0 Å². The predicted octanol–water partition coefficient (Wildman–Crippen LogP) is 1.12. The lowest BCUT2D eigenvalue weighted by molar-refractivity contribution is 0.145. The Morgan fingerprint density at radius 3 is 2.33 bits per heavy atom. The fourth-order valence-electron chi connectivity index (χ4n) is 3.02. The Balaban J connectivity index is 1.66. The summed E-state index contributed by atoms with van der Waals surface area (Å²) >= 11 is 3.33. The van der Waals surface area contributed by atoms with E-state index >= 15 is 0 Å². The highest BCUT2D eigenvalue weighted by molar-refractivity contribution is 9.10. The van der Waals surface area contributed by atoms with Crippen LogP contribution in [-0.2, 0) is 10.0 Å². The van der Waals surface area contributed by atoms with Crippen molar-refractivity contribution in [3.05, 3.63) is 28.7 Å². The van der Waals surface area contributed by atoms with Gasteiger partial charge in [0.05, 0.1) is 4.90 Å². The molecule has 1 unspecified atom stereocenters. The van der Waals surface area contributed by atoms with Crippen molar-refractivity contribution in [1.82, 2.24) is 14.5 Å². The number of nitrogens with zero attached hydrogens (tertiary/aromatic N) is 2. The third-order valence-electron chi connectivity index (χ3n) is 4.28. The van der Waals surface area contributed by atoms with Gasteiger partial charge in [-0.3, -0.25) is 4.90 Å². The molecule has 1 atom stereocenters. The lowest BCUT2D eigenvalue weighted by atomic mass is 10.2. The van der Waals surface area contributed by atoms with Gasteiger partial charge in [-0.25, -0.2) is 8.42 Å². The summed E-state index contributed by atoms with van der Waals surface area (Å²) < 4.78 is 27.7. The van der Waals surface area contributed by atoms with E-state index in [4.69, 9.17) is 0 Å². The standard InChI is InChI=1S/C14H20BrN3O2S/c15-12-1-3-14(4-2-12)21(19,20)18-9-7-17(8-10-18)13-5-6-16-11-13/h1-4,13,16H,5-11H2. The van der Waals surface area contributed by atoms with Crippen LogP contribution >= 0.6 is 15.9 Å². The summed E-state index contributed by atoms with van der Waals surface area (Å²) in [6.07, 6.45) is 1.17. The van der Waals surface area contributed by atoms with Gasteiger partial charge in [0, 0.05) is 43.2 Å². The van der Waals surface area contributed by atoms with E-state index in [0.717, 1.165) is 30.7 Å². The van der Waals surface area contributed by atoms with E-state index in [9.17, 15) is 8.42 Å². The predicted molar refractivity (Wildman–Crippen MR) is 85.7 cm³/mol. The monoisotopic (exact) mass is 373 g/mol. The van der Waals surface area contributed by atoms with Gasteiger partial charge in [0.25, 0.3) is 0 Å². The van der Waals surface area contributed by atoms with Gasteiger partial charge in [-0.05, 0) is 37.2 Å². The molecule has 1 aromatic rings. The first kappa shape index (κ1) is 15.4. The van der Waals surface area contributed by atoms with Crippen molar-refractivity contribution < 1.29 is 8.42 Å². The smallest absolute Gasteiger partial charge is 0.243 e. The third kappa shape index (κ3) is 3.32. The van der Waals surface area contributed by atoms with Crippen LogP contribution in [0.1, 0.15) is 6.42 Å². The van der Waals surface area contributed by atoms with Gasteiger partial charge in [0.2, 0.25) is 10.0 Å². The number of halogens is 1. The highest BCUT2D eigenvalue weighted by atomic mass is 79.9. The minimum Gasteiger partial charge on any atom is -0.315 e. The second-order valence-electron chi connectivity index (χ2n) is 5.54. The fourth-order valence-corrected chi connectivity index (χ4v) is 4.70. The average Bonchev–Trinajstić information content (AvgIpc) is 3.02. The highest BCUT2D eigenvalue weighted by Crippen LogP contribution is 2.21. The molecule has 21 heavy (non-hydrogen) atoms. The van der Waals surface area contributed by atoms with Crippen LogP contribution < -0.4 is 5.32 Å². The average molecular weight is 374 g/mol. The number of hydrogen-bond acceptors (Lipinski definition) is 4. The topological polar surface area (TPSA) is 52.7 Å². The second-order valence-corrected chi connectivity index (χ2v) is 8.39. The molecule has 2 saturated heterocycles. The van der Waals surface area contributed by atoms with Crippen molar-refractivity contribution in [1.29, 1.82) is 0 Å². The van der Waals surface area contributed by atoms with Crippen LogP contribution in [0.4, 0.5) is 0 Å². The molecule has 1 aromatic carbocycles. The quantitative estimate of drug-likeness (QED) is 0.862. The third-order valence-corrected chi connectivity index (χ3v) is 6.72. The van der Waals surface area contributed by atoms with Crippen LogP contribution in [0.2, 0.25) is 0 Å². The van der Waals surface area contributed by atoms with E-state index < -0.39 is 10.0 Å². The number of piperazine rings is 1. The first-order valence-corrected chi connectivity index (χ1v) is 9.51. The zero-order valence-electron chi connectivity index (χ0n) is 11.8. The Hall–Kier alpha value is -0.470. The summed E-state index contributed by atoms with van der Waals surface area (Å²) in [6.45, 7) is 4.90. The van der Waals surface area contributed by atoms with E-state index in [2.05, 4.69) is 26.1 Å². The summed E-state index contributed by atoms with van der Waals surface area (Å²) in [7, 11) is -3.36. The van der Waals surface area contributed by atoms with Crippen LogP contribution in [0.5, 0.6) is 0 Å². The molecule has 0 bridgehead atoms. The Bertz CT molecular complexity index is 577. The molecule has 3 rings (SSSR count). The van der Waals surface area contributed by atoms with Crippen molar-refractivity contribution in [3.8, 4) is 0 Å². The van der Waals surface area contributed by atoms with E-state index in [-0.39, 0.29) is 0 Å². The lowest BCUT2D eigenvalue weighted by Gasteiger charge is -2.37. The molecule has 2 aliphatic heterocycles. The molecule has 2 heterocycles. The second kappa shape index (κ2) is 6.34. The molecule has 0 saturated carbocycles. The molecule has 2 aliphatic rings. The van der Waals surface area contributed by atoms with Gasteiger partial charge in [-0.1, -0.05) is 15.9 Å². The van der Waals surface area contributed by atoms with Crippen LogP contribution in [0.3, 0.4) is 0 Å². The molecular weight excluding hydrogens is 354 g/mol. The van der Waals surface area contributed by atoms with Crippen molar-refractivity contribution in [3.63, 3.8) is 0 Å². The van der Waals surface area contributed by atoms with Crippen molar-refractivity contribution in [2.45, 2.75) is 17.4 Å². The summed E-state index contributed by atoms with van der Waals surface area (Å²) in [5, 5.41) is 3.36. The van der Waals surface area contributed by atoms with Gasteiger partial charge < -0.3 is 5.32 Å². The molecule has 5 nitrogen and oxygen atoms in total. The van der Waals surface area contributed by atoms with Crippen LogP contribution in [-0.4, -0.2) is 62.9 Å². The first-order valence-electron chi connectivity index (χ1n) is 7.28. The maximum atomic E-state index is 12.6. The number of nitrogens with one attached hydrogen (secondary N) is 1. The van der Waals surface area contributed by atoms with Gasteiger partial charge in [-0.2, -0.15) is 4.31 Å². The van der Waals surface area contributed by atoms with Gasteiger partial charge in [0.15, 0.2) is 0 Å². The molecule has 1 N–H and O–H groups in total. The zero-order chi connectivity index (χ0) is 14.9. The van der Waals surface area contributed by atoms with Crippen LogP contribution in [0, 0.1) is 0 Å².